The largest absolute Gasteiger partial charge is 0.419 e. The molecular formula is C20H24N6O2. The molecule has 0 bridgehead atoms. The fourth-order valence-electron chi connectivity index (χ4n) is 3.57. The zero-order valence-corrected chi connectivity index (χ0v) is 15.9. The normalized spacial score (nSPS) is 17.5. The quantitative estimate of drug-likeness (QED) is 0.705. The van der Waals surface area contributed by atoms with Crippen molar-refractivity contribution in [3.05, 3.63) is 54.4 Å². The number of aryl methyl sites for hydroxylation is 1. The van der Waals surface area contributed by atoms with E-state index in [2.05, 4.69) is 25.4 Å². The van der Waals surface area contributed by atoms with Crippen molar-refractivity contribution >= 4 is 5.91 Å². The number of aromatic nitrogens is 4. The average Bonchev–Trinajstić information content (AvgIpc) is 3.36. The second-order valence-electron chi connectivity index (χ2n) is 7.21. The van der Waals surface area contributed by atoms with Crippen molar-refractivity contribution in [2.24, 2.45) is 13.0 Å². The number of piperidine rings is 1. The topological polar surface area (TPSA) is 89.1 Å². The lowest BCUT2D eigenvalue weighted by molar-refractivity contribution is 0.0919. The van der Waals surface area contributed by atoms with Gasteiger partial charge in [0.1, 0.15) is 5.69 Å². The van der Waals surface area contributed by atoms with E-state index in [4.69, 9.17) is 4.42 Å². The number of nitrogens with one attached hydrogen (secondary N) is 1. The molecule has 1 saturated heterocycles. The first-order valence-electron chi connectivity index (χ1n) is 9.53. The van der Waals surface area contributed by atoms with Crippen LogP contribution in [0.15, 0.2) is 47.3 Å². The molecule has 1 N–H and O–H groups in total. The number of imidazole rings is 1. The number of amides is 1. The van der Waals surface area contributed by atoms with Crippen LogP contribution >= 0.6 is 0 Å². The summed E-state index contributed by atoms with van der Waals surface area (Å²) in [7, 11) is 1.82. The lowest BCUT2D eigenvalue weighted by Crippen LogP contribution is -2.40. The third-order valence-electron chi connectivity index (χ3n) is 5.05. The third-order valence-corrected chi connectivity index (χ3v) is 5.05. The van der Waals surface area contributed by atoms with Crippen molar-refractivity contribution in [2.75, 3.05) is 19.6 Å². The van der Waals surface area contributed by atoms with Crippen LogP contribution in [-0.4, -0.2) is 50.2 Å². The first kappa shape index (κ1) is 18.4. The molecule has 1 aliphatic rings. The lowest BCUT2D eigenvalue weighted by Gasteiger charge is -2.31. The molecule has 2 aromatic heterocycles. The smallest absolute Gasteiger partial charge is 0.269 e. The summed E-state index contributed by atoms with van der Waals surface area (Å²) in [5.41, 5.74) is 1.50. The number of nitrogens with zero attached hydrogens (tertiary/aromatic N) is 5. The number of carbonyl (C=O) groups is 1. The van der Waals surface area contributed by atoms with Gasteiger partial charge in [-0.25, -0.2) is 4.98 Å². The maximum absolute atomic E-state index is 12.3. The molecule has 3 heterocycles. The standard InChI is InChI=1S/C20H24N6O2/c1-25-14-21-11-17(25)19(27)22-10-15-6-5-9-26(12-15)13-18-23-24-20(28-18)16-7-3-2-4-8-16/h2-4,7-8,11,14-15H,5-6,9-10,12-13H2,1H3,(H,22,27). The van der Waals surface area contributed by atoms with Gasteiger partial charge in [0.25, 0.3) is 5.91 Å². The maximum atomic E-state index is 12.3. The summed E-state index contributed by atoms with van der Waals surface area (Å²) in [4.78, 5) is 18.6. The lowest BCUT2D eigenvalue weighted by atomic mass is 9.98. The summed E-state index contributed by atoms with van der Waals surface area (Å²) in [5, 5.41) is 11.4. The van der Waals surface area contributed by atoms with E-state index in [1.807, 2.05) is 37.4 Å². The average molecular weight is 380 g/mol. The molecule has 1 aliphatic heterocycles. The van der Waals surface area contributed by atoms with Gasteiger partial charge in [0, 0.05) is 25.7 Å². The van der Waals surface area contributed by atoms with Crippen LogP contribution in [0.25, 0.3) is 11.5 Å². The van der Waals surface area contributed by atoms with Crippen molar-refractivity contribution in [3.8, 4) is 11.5 Å². The zero-order chi connectivity index (χ0) is 19.3. The molecular weight excluding hydrogens is 356 g/mol. The molecule has 4 rings (SSSR count). The molecule has 1 aromatic carbocycles. The summed E-state index contributed by atoms with van der Waals surface area (Å²) in [6.07, 6.45) is 5.40. The molecule has 0 radical (unpaired) electrons. The van der Waals surface area contributed by atoms with Crippen molar-refractivity contribution in [1.82, 2.24) is 30.0 Å². The Balaban J connectivity index is 1.30. The minimum Gasteiger partial charge on any atom is -0.419 e. The molecule has 1 amide bonds. The summed E-state index contributed by atoms with van der Waals surface area (Å²) < 4.78 is 7.55. The van der Waals surface area contributed by atoms with Crippen molar-refractivity contribution in [1.29, 1.82) is 0 Å². The van der Waals surface area contributed by atoms with Crippen LogP contribution in [0.4, 0.5) is 0 Å². The summed E-state index contributed by atoms with van der Waals surface area (Å²) in [5.74, 6) is 1.50. The molecule has 28 heavy (non-hydrogen) atoms. The predicted octanol–water partition coefficient (Wildman–Crippen LogP) is 2.11. The molecule has 1 fully saturated rings. The van der Waals surface area contributed by atoms with Gasteiger partial charge in [0.05, 0.1) is 19.1 Å². The second kappa shape index (κ2) is 8.35. The van der Waals surface area contributed by atoms with E-state index in [-0.39, 0.29) is 5.91 Å². The molecule has 3 aromatic rings. The minimum absolute atomic E-state index is 0.0819. The SMILES string of the molecule is Cn1cncc1C(=O)NCC1CCCN(Cc2nnc(-c3ccccc3)o2)C1. The Morgan fingerprint density at radius 1 is 1.29 bits per heavy atom. The second-order valence-corrected chi connectivity index (χ2v) is 7.21. The van der Waals surface area contributed by atoms with E-state index >= 15 is 0 Å². The van der Waals surface area contributed by atoms with Gasteiger partial charge in [-0.3, -0.25) is 9.69 Å². The highest BCUT2D eigenvalue weighted by molar-refractivity contribution is 5.92. The predicted molar refractivity (Wildman–Crippen MR) is 103 cm³/mol. The molecule has 0 saturated carbocycles. The number of hydrogen-bond acceptors (Lipinski definition) is 6. The van der Waals surface area contributed by atoms with Gasteiger partial charge in [0.2, 0.25) is 11.8 Å². The van der Waals surface area contributed by atoms with Gasteiger partial charge < -0.3 is 14.3 Å². The molecule has 1 unspecified atom stereocenters. The first-order valence-corrected chi connectivity index (χ1v) is 9.53. The van der Waals surface area contributed by atoms with Crippen LogP contribution in [-0.2, 0) is 13.6 Å². The van der Waals surface area contributed by atoms with Crippen LogP contribution < -0.4 is 5.32 Å². The molecule has 0 spiro atoms. The van der Waals surface area contributed by atoms with Crippen LogP contribution in [0.5, 0.6) is 0 Å². The highest BCUT2D eigenvalue weighted by Crippen LogP contribution is 2.21. The van der Waals surface area contributed by atoms with Crippen LogP contribution in [0.1, 0.15) is 29.2 Å². The van der Waals surface area contributed by atoms with Gasteiger partial charge in [-0.15, -0.1) is 10.2 Å². The van der Waals surface area contributed by atoms with E-state index in [9.17, 15) is 4.79 Å². The first-order chi connectivity index (χ1) is 13.7. The van der Waals surface area contributed by atoms with Gasteiger partial charge in [-0.05, 0) is 37.4 Å². The highest BCUT2D eigenvalue weighted by Gasteiger charge is 2.23. The third kappa shape index (κ3) is 4.28. The Hall–Kier alpha value is -3.00. The van der Waals surface area contributed by atoms with Crippen LogP contribution in [0.2, 0.25) is 0 Å². The minimum atomic E-state index is -0.0819. The molecule has 8 heteroatoms. The molecule has 8 nitrogen and oxygen atoms in total. The van der Waals surface area contributed by atoms with Crippen molar-refractivity contribution in [2.45, 2.75) is 19.4 Å². The molecule has 146 valence electrons. The molecule has 1 atom stereocenters. The van der Waals surface area contributed by atoms with Crippen molar-refractivity contribution < 1.29 is 9.21 Å². The summed E-state index contributed by atoms with van der Waals surface area (Å²) in [6, 6.07) is 9.78. The van der Waals surface area contributed by atoms with E-state index in [1.165, 1.54) is 0 Å². The highest BCUT2D eigenvalue weighted by atomic mass is 16.4. The Kier molecular flexibility index (Phi) is 5.48. The number of carbonyl (C=O) groups excluding carboxylic acids is 1. The Labute approximate surface area is 163 Å². The number of rotatable bonds is 6. The Morgan fingerprint density at radius 2 is 2.14 bits per heavy atom. The van der Waals surface area contributed by atoms with E-state index in [1.54, 1.807) is 17.1 Å². The number of likely N-dealkylation sites (tertiary alicyclic amines) is 1. The van der Waals surface area contributed by atoms with Gasteiger partial charge in [-0.1, -0.05) is 18.2 Å². The van der Waals surface area contributed by atoms with E-state index < -0.39 is 0 Å². The Bertz CT molecular complexity index is 920. The fraction of sp³-hybridized carbons (Fsp3) is 0.400. The number of hydrogen-bond donors (Lipinski definition) is 1. The fourth-order valence-corrected chi connectivity index (χ4v) is 3.57. The Morgan fingerprint density at radius 3 is 2.93 bits per heavy atom. The summed E-state index contributed by atoms with van der Waals surface area (Å²) in [6.45, 7) is 3.18. The summed E-state index contributed by atoms with van der Waals surface area (Å²) >= 11 is 0. The molecule has 0 aliphatic carbocycles. The van der Waals surface area contributed by atoms with E-state index in [0.29, 0.717) is 36.5 Å². The van der Waals surface area contributed by atoms with Crippen molar-refractivity contribution in [3.63, 3.8) is 0 Å². The van der Waals surface area contributed by atoms with Crippen LogP contribution in [0.3, 0.4) is 0 Å². The van der Waals surface area contributed by atoms with Gasteiger partial charge in [-0.2, -0.15) is 0 Å². The number of benzene rings is 1. The monoisotopic (exact) mass is 380 g/mol. The van der Waals surface area contributed by atoms with Gasteiger partial charge >= 0.3 is 0 Å². The van der Waals surface area contributed by atoms with Gasteiger partial charge in [0.15, 0.2) is 0 Å². The maximum Gasteiger partial charge on any atom is 0.269 e. The zero-order valence-electron chi connectivity index (χ0n) is 15.9. The van der Waals surface area contributed by atoms with E-state index in [0.717, 1.165) is 31.5 Å². The van der Waals surface area contributed by atoms with Crippen LogP contribution in [0, 0.1) is 5.92 Å².